The molecule has 7 nitrogen and oxygen atoms in total. The third-order valence-electron chi connectivity index (χ3n) is 4.11. The molecule has 0 aromatic carbocycles. The highest BCUT2D eigenvalue weighted by Crippen LogP contribution is 2.38. The van der Waals surface area contributed by atoms with E-state index in [2.05, 4.69) is 22.2 Å². The van der Waals surface area contributed by atoms with Crippen molar-refractivity contribution in [1.82, 2.24) is 15.3 Å². The number of imidazole rings is 1. The van der Waals surface area contributed by atoms with Crippen molar-refractivity contribution in [2.75, 3.05) is 6.54 Å². The number of H-pyrrole nitrogens is 2. The van der Waals surface area contributed by atoms with E-state index in [4.69, 9.17) is 0 Å². The molecule has 1 saturated carbocycles. The fraction of sp³-hybridized carbons (Fsp3) is 0.615. The average molecular weight is 281 g/mol. The van der Waals surface area contributed by atoms with Gasteiger partial charge in [0.25, 0.3) is 5.91 Å². The summed E-state index contributed by atoms with van der Waals surface area (Å²) in [6.45, 7) is 2.19. The van der Waals surface area contributed by atoms with Crippen molar-refractivity contribution < 1.29 is 14.7 Å². The first kappa shape index (κ1) is 14.4. The van der Waals surface area contributed by atoms with E-state index in [1.54, 1.807) is 0 Å². The van der Waals surface area contributed by atoms with Gasteiger partial charge in [-0.1, -0.05) is 6.92 Å². The van der Waals surface area contributed by atoms with Crippen LogP contribution in [0.2, 0.25) is 0 Å². The maximum absolute atomic E-state index is 11.8. The second-order valence-corrected chi connectivity index (χ2v) is 5.61. The van der Waals surface area contributed by atoms with Crippen molar-refractivity contribution in [3.05, 3.63) is 22.4 Å². The largest absolute Gasteiger partial charge is 0.481 e. The zero-order chi connectivity index (χ0) is 14.8. The second-order valence-electron chi connectivity index (χ2n) is 5.61. The lowest BCUT2D eigenvalue weighted by Crippen LogP contribution is -2.45. The summed E-state index contributed by atoms with van der Waals surface area (Å²) in [6.07, 6.45) is 4.10. The van der Waals surface area contributed by atoms with Gasteiger partial charge in [0.2, 0.25) is 0 Å². The number of carbonyl (C=O) groups is 2. The first-order valence-electron chi connectivity index (χ1n) is 6.72. The van der Waals surface area contributed by atoms with Crippen molar-refractivity contribution in [3.63, 3.8) is 0 Å². The Morgan fingerprint density at radius 3 is 2.60 bits per heavy atom. The van der Waals surface area contributed by atoms with Gasteiger partial charge in [0.1, 0.15) is 5.69 Å². The first-order chi connectivity index (χ1) is 9.43. The van der Waals surface area contributed by atoms with Gasteiger partial charge in [-0.15, -0.1) is 0 Å². The number of hydrogen-bond acceptors (Lipinski definition) is 3. The molecule has 1 fully saturated rings. The molecular formula is C13H19N3O4. The van der Waals surface area contributed by atoms with Gasteiger partial charge in [-0.25, -0.2) is 4.79 Å². The highest BCUT2D eigenvalue weighted by molar-refractivity contribution is 5.92. The van der Waals surface area contributed by atoms with Gasteiger partial charge in [-0.05, 0) is 31.6 Å². The van der Waals surface area contributed by atoms with Gasteiger partial charge >= 0.3 is 11.7 Å². The van der Waals surface area contributed by atoms with Crippen LogP contribution in [-0.4, -0.2) is 33.5 Å². The molecule has 0 bridgehead atoms. The lowest BCUT2D eigenvalue weighted by atomic mass is 9.71. The fourth-order valence-corrected chi connectivity index (χ4v) is 2.58. The lowest BCUT2D eigenvalue weighted by Gasteiger charge is -2.35. The maximum Gasteiger partial charge on any atom is 0.323 e. The van der Waals surface area contributed by atoms with Crippen molar-refractivity contribution in [3.8, 4) is 0 Å². The summed E-state index contributed by atoms with van der Waals surface area (Å²) in [7, 11) is 0. The Morgan fingerprint density at radius 1 is 1.45 bits per heavy atom. The van der Waals surface area contributed by atoms with Crippen LogP contribution < -0.4 is 11.0 Å². The Balaban J connectivity index is 2.01. The van der Waals surface area contributed by atoms with Gasteiger partial charge in [0.05, 0.1) is 5.41 Å². The monoisotopic (exact) mass is 281 g/mol. The van der Waals surface area contributed by atoms with Crippen LogP contribution in [0.5, 0.6) is 0 Å². The van der Waals surface area contributed by atoms with Crippen molar-refractivity contribution >= 4 is 11.9 Å². The predicted molar refractivity (Wildman–Crippen MR) is 71.4 cm³/mol. The lowest BCUT2D eigenvalue weighted by molar-refractivity contribution is -0.151. The molecule has 1 aromatic rings. The van der Waals surface area contributed by atoms with Crippen LogP contribution >= 0.6 is 0 Å². The normalized spacial score (nSPS) is 26.1. The third-order valence-corrected chi connectivity index (χ3v) is 4.11. The number of aliphatic carboxylic acids is 1. The van der Waals surface area contributed by atoms with Gasteiger partial charge in [0.15, 0.2) is 0 Å². The van der Waals surface area contributed by atoms with E-state index < -0.39 is 23.0 Å². The molecule has 0 unspecified atom stereocenters. The van der Waals surface area contributed by atoms with E-state index in [1.165, 1.54) is 6.20 Å². The molecule has 0 aliphatic heterocycles. The van der Waals surface area contributed by atoms with Gasteiger partial charge in [-0.3, -0.25) is 9.59 Å². The molecule has 1 aromatic heterocycles. The Hall–Kier alpha value is -2.05. The SMILES string of the molecule is CC1CCC(CNC(=O)c2c[nH]c(=O)[nH]2)(C(=O)O)CC1. The van der Waals surface area contributed by atoms with E-state index in [0.717, 1.165) is 12.8 Å². The van der Waals surface area contributed by atoms with E-state index in [0.29, 0.717) is 18.8 Å². The highest BCUT2D eigenvalue weighted by Gasteiger charge is 2.41. The van der Waals surface area contributed by atoms with Crippen molar-refractivity contribution in [1.29, 1.82) is 0 Å². The minimum Gasteiger partial charge on any atom is -0.481 e. The number of hydrogen-bond donors (Lipinski definition) is 4. The number of aromatic nitrogens is 2. The van der Waals surface area contributed by atoms with E-state index in [9.17, 15) is 19.5 Å². The summed E-state index contributed by atoms with van der Waals surface area (Å²) in [5.74, 6) is -0.811. The average Bonchev–Trinajstić information content (AvgIpc) is 2.84. The molecule has 2 rings (SSSR count). The van der Waals surface area contributed by atoms with E-state index >= 15 is 0 Å². The van der Waals surface area contributed by atoms with Gasteiger partial charge in [-0.2, -0.15) is 0 Å². The Labute approximate surface area is 115 Å². The first-order valence-corrected chi connectivity index (χ1v) is 6.72. The van der Waals surface area contributed by atoms with E-state index in [1.807, 2.05) is 0 Å². The summed E-state index contributed by atoms with van der Waals surface area (Å²) < 4.78 is 0. The molecule has 0 spiro atoms. The number of amides is 1. The van der Waals surface area contributed by atoms with Gasteiger partial charge in [0, 0.05) is 12.7 Å². The zero-order valence-corrected chi connectivity index (χ0v) is 11.4. The maximum atomic E-state index is 11.8. The molecule has 0 atom stereocenters. The smallest absolute Gasteiger partial charge is 0.323 e. The van der Waals surface area contributed by atoms with Crippen LogP contribution in [0.15, 0.2) is 11.0 Å². The molecule has 1 heterocycles. The summed E-state index contributed by atoms with van der Waals surface area (Å²) in [5.41, 5.74) is -1.24. The number of nitrogens with one attached hydrogen (secondary N) is 3. The molecule has 4 N–H and O–H groups in total. The van der Waals surface area contributed by atoms with Gasteiger partial charge < -0.3 is 20.4 Å². The fourth-order valence-electron chi connectivity index (χ4n) is 2.58. The zero-order valence-electron chi connectivity index (χ0n) is 11.4. The van der Waals surface area contributed by atoms with Crippen LogP contribution in [-0.2, 0) is 4.79 Å². The number of rotatable bonds is 4. The number of carboxylic acid groups (broad SMARTS) is 1. The summed E-state index contributed by atoms with van der Waals surface area (Å²) in [6, 6.07) is 0. The minimum atomic E-state index is -0.890. The predicted octanol–water partition coefficient (Wildman–Crippen LogP) is 0.714. The minimum absolute atomic E-state index is 0.0844. The molecule has 1 aliphatic rings. The summed E-state index contributed by atoms with van der Waals surface area (Å²) in [5, 5.41) is 12.1. The molecular weight excluding hydrogens is 262 g/mol. The molecule has 0 radical (unpaired) electrons. The number of carbonyl (C=O) groups excluding carboxylic acids is 1. The summed E-state index contributed by atoms with van der Waals surface area (Å²) >= 11 is 0. The second kappa shape index (κ2) is 5.52. The number of carboxylic acids is 1. The topological polar surface area (TPSA) is 115 Å². The molecule has 1 amide bonds. The Bertz CT molecular complexity index is 552. The Kier molecular flexibility index (Phi) is 3.96. The van der Waals surface area contributed by atoms with Crippen LogP contribution in [0.4, 0.5) is 0 Å². The standard InChI is InChI=1S/C13H19N3O4/c1-8-2-4-13(5-3-8,11(18)19)7-15-10(17)9-6-14-12(20)16-9/h6,8H,2-5,7H2,1H3,(H,15,17)(H,18,19)(H2,14,16,20). The quantitative estimate of drug-likeness (QED) is 0.650. The molecule has 20 heavy (non-hydrogen) atoms. The third kappa shape index (κ3) is 2.92. The van der Waals surface area contributed by atoms with Crippen molar-refractivity contribution in [2.24, 2.45) is 11.3 Å². The molecule has 0 saturated heterocycles. The molecule has 110 valence electrons. The van der Waals surface area contributed by atoms with Crippen LogP contribution in [0.25, 0.3) is 0 Å². The summed E-state index contributed by atoms with van der Waals surface area (Å²) in [4.78, 5) is 39.0. The van der Waals surface area contributed by atoms with E-state index in [-0.39, 0.29) is 12.2 Å². The Morgan fingerprint density at radius 2 is 2.10 bits per heavy atom. The van der Waals surface area contributed by atoms with Crippen molar-refractivity contribution in [2.45, 2.75) is 32.6 Å². The molecule has 1 aliphatic carbocycles. The molecule has 7 heteroatoms. The number of aromatic amines is 2. The highest BCUT2D eigenvalue weighted by atomic mass is 16.4. The van der Waals surface area contributed by atoms with Crippen LogP contribution in [0.1, 0.15) is 43.1 Å². The van der Waals surface area contributed by atoms with Crippen LogP contribution in [0, 0.1) is 11.3 Å². The van der Waals surface area contributed by atoms with Crippen LogP contribution in [0.3, 0.4) is 0 Å².